The number of hydrogen-bond acceptors (Lipinski definition) is 4. The number of hydrogen-bond donors (Lipinski definition) is 1. The first-order valence-corrected chi connectivity index (χ1v) is 10.3. The van der Waals surface area contributed by atoms with E-state index >= 15 is 0 Å². The van der Waals surface area contributed by atoms with Gasteiger partial charge in [-0.3, -0.25) is 4.57 Å². The summed E-state index contributed by atoms with van der Waals surface area (Å²) in [7, 11) is 0. The Morgan fingerprint density at radius 2 is 1.77 bits per heavy atom. The van der Waals surface area contributed by atoms with E-state index in [1.165, 1.54) is 5.56 Å². The normalized spacial score (nSPS) is 11.3. The molecule has 0 saturated carbocycles. The van der Waals surface area contributed by atoms with Gasteiger partial charge in [0.05, 0.1) is 16.7 Å². The molecule has 0 aliphatic carbocycles. The fourth-order valence-electron chi connectivity index (χ4n) is 3.88. The van der Waals surface area contributed by atoms with Crippen LogP contribution in [0.3, 0.4) is 0 Å². The average Bonchev–Trinajstić information content (AvgIpc) is 3.19. The van der Waals surface area contributed by atoms with Gasteiger partial charge in [-0.25, -0.2) is 4.98 Å². The number of imidazole rings is 1. The largest absolute Gasteiger partial charge is 0.338 e. The lowest BCUT2D eigenvalue weighted by molar-refractivity contribution is 0.854. The molecule has 0 saturated heterocycles. The van der Waals surface area contributed by atoms with Crippen molar-refractivity contribution >= 4 is 33.3 Å². The third kappa shape index (κ3) is 3.28. The zero-order chi connectivity index (χ0) is 20.5. The maximum absolute atomic E-state index is 4.61. The van der Waals surface area contributed by atoms with Crippen LogP contribution in [0.15, 0.2) is 73.1 Å². The van der Waals surface area contributed by atoms with Crippen LogP contribution in [0.4, 0.5) is 11.5 Å². The molecule has 2 heterocycles. The first-order valence-electron chi connectivity index (χ1n) is 10.3. The smallest absolute Gasteiger partial charge is 0.160 e. The van der Waals surface area contributed by atoms with E-state index in [2.05, 4.69) is 99.6 Å². The van der Waals surface area contributed by atoms with Crippen molar-refractivity contribution in [3.63, 3.8) is 0 Å². The fraction of sp³-hybridized carbons (Fsp3) is 0.160. The van der Waals surface area contributed by atoms with Gasteiger partial charge < -0.3 is 5.32 Å². The third-order valence-electron chi connectivity index (χ3n) is 5.34. The quantitative estimate of drug-likeness (QED) is 0.399. The predicted molar refractivity (Wildman–Crippen MR) is 123 cm³/mol. The first-order chi connectivity index (χ1) is 14.7. The molecular formula is C25H23N5. The van der Waals surface area contributed by atoms with Crippen molar-refractivity contribution < 1.29 is 0 Å². The zero-order valence-electron chi connectivity index (χ0n) is 17.1. The van der Waals surface area contributed by atoms with Crippen LogP contribution in [0.25, 0.3) is 27.5 Å². The molecule has 0 amide bonds. The van der Waals surface area contributed by atoms with Gasteiger partial charge in [-0.05, 0) is 49.2 Å². The zero-order valence-corrected chi connectivity index (χ0v) is 17.1. The minimum atomic E-state index is 0.767. The molecule has 3 aromatic carbocycles. The minimum absolute atomic E-state index is 0.767. The van der Waals surface area contributed by atoms with Crippen molar-refractivity contribution in [2.24, 2.45) is 0 Å². The number of fused-ring (bicyclic) bond motifs is 2. The number of rotatable bonds is 5. The maximum Gasteiger partial charge on any atom is 0.160 e. The Balaban J connectivity index is 1.52. The molecule has 0 aliphatic heterocycles. The van der Waals surface area contributed by atoms with Crippen molar-refractivity contribution in [1.29, 1.82) is 0 Å². The third-order valence-corrected chi connectivity index (χ3v) is 5.34. The van der Waals surface area contributed by atoms with Crippen molar-refractivity contribution in [2.75, 3.05) is 5.32 Å². The summed E-state index contributed by atoms with van der Waals surface area (Å²) in [5.74, 6) is 0.767. The van der Waals surface area contributed by atoms with E-state index in [0.29, 0.717) is 0 Å². The van der Waals surface area contributed by atoms with Crippen molar-refractivity contribution in [2.45, 2.75) is 26.7 Å². The fourth-order valence-corrected chi connectivity index (χ4v) is 3.88. The van der Waals surface area contributed by atoms with E-state index in [0.717, 1.165) is 57.5 Å². The van der Waals surface area contributed by atoms with Crippen LogP contribution in [0, 0.1) is 6.92 Å². The molecule has 5 nitrogen and oxygen atoms in total. The van der Waals surface area contributed by atoms with Crippen LogP contribution in [-0.2, 0) is 6.42 Å². The Kier molecular flexibility index (Phi) is 4.64. The van der Waals surface area contributed by atoms with Crippen molar-refractivity contribution in [3.8, 4) is 5.69 Å². The molecule has 148 valence electrons. The van der Waals surface area contributed by atoms with Crippen LogP contribution in [0.2, 0.25) is 0 Å². The van der Waals surface area contributed by atoms with E-state index in [-0.39, 0.29) is 0 Å². The lowest BCUT2D eigenvalue weighted by Gasteiger charge is -2.11. The van der Waals surface area contributed by atoms with Crippen LogP contribution in [0.1, 0.15) is 24.6 Å². The number of nitrogens with one attached hydrogen (secondary N) is 1. The minimum Gasteiger partial charge on any atom is -0.338 e. The molecule has 0 radical (unpaired) electrons. The second kappa shape index (κ2) is 7.59. The van der Waals surface area contributed by atoms with Crippen LogP contribution >= 0.6 is 0 Å². The molecule has 5 heteroatoms. The Hall–Kier alpha value is -3.73. The van der Waals surface area contributed by atoms with Crippen molar-refractivity contribution in [3.05, 3.63) is 84.3 Å². The summed E-state index contributed by atoms with van der Waals surface area (Å²) in [6.07, 6.45) is 3.85. The van der Waals surface area contributed by atoms with E-state index in [1.807, 2.05) is 12.4 Å². The lowest BCUT2D eigenvalue weighted by Crippen LogP contribution is -2.01. The molecule has 5 aromatic rings. The molecule has 0 unspecified atom stereocenters. The van der Waals surface area contributed by atoms with Gasteiger partial charge in [-0.1, -0.05) is 49.7 Å². The Bertz CT molecular complexity index is 1350. The van der Waals surface area contributed by atoms with E-state index < -0.39 is 0 Å². The second-order valence-corrected chi connectivity index (χ2v) is 7.57. The Labute approximate surface area is 175 Å². The van der Waals surface area contributed by atoms with Gasteiger partial charge >= 0.3 is 0 Å². The standard InChI is InChI=1S/C25H23N5/c1-3-7-22-20-10-4-5-11-21(20)25(29-28-22)27-18-12-13-24-23(15-18)26-16-30(24)19-9-6-8-17(2)14-19/h4-6,8-16H,3,7H2,1-2H3,(H,27,29). The molecule has 0 bridgehead atoms. The molecule has 1 N–H and O–H groups in total. The SMILES string of the molecule is CCCc1nnc(Nc2ccc3c(c2)ncn3-c2cccc(C)c2)c2ccccc12. The van der Waals surface area contributed by atoms with Crippen LogP contribution in [0.5, 0.6) is 0 Å². The highest BCUT2D eigenvalue weighted by Gasteiger charge is 2.10. The Morgan fingerprint density at radius 3 is 2.60 bits per heavy atom. The Morgan fingerprint density at radius 1 is 0.900 bits per heavy atom. The summed E-state index contributed by atoms with van der Waals surface area (Å²) in [6.45, 7) is 4.26. The monoisotopic (exact) mass is 393 g/mol. The molecule has 0 fully saturated rings. The number of aromatic nitrogens is 4. The molecular weight excluding hydrogens is 370 g/mol. The van der Waals surface area contributed by atoms with Gasteiger partial charge in [0.2, 0.25) is 0 Å². The lowest BCUT2D eigenvalue weighted by atomic mass is 10.1. The van der Waals surface area contributed by atoms with E-state index in [9.17, 15) is 0 Å². The summed E-state index contributed by atoms with van der Waals surface area (Å²) in [6, 6.07) is 22.9. The molecule has 2 aromatic heterocycles. The van der Waals surface area contributed by atoms with Gasteiger partial charge in [-0.15, -0.1) is 5.10 Å². The number of nitrogens with zero attached hydrogens (tertiary/aromatic N) is 4. The number of anilines is 2. The van der Waals surface area contributed by atoms with Crippen LogP contribution < -0.4 is 5.32 Å². The topological polar surface area (TPSA) is 55.6 Å². The van der Waals surface area contributed by atoms with Gasteiger partial charge in [-0.2, -0.15) is 5.10 Å². The molecule has 5 rings (SSSR count). The first kappa shape index (κ1) is 18.3. The number of aryl methyl sites for hydroxylation is 2. The summed E-state index contributed by atoms with van der Waals surface area (Å²) in [5, 5.41) is 14.6. The van der Waals surface area contributed by atoms with E-state index in [1.54, 1.807) is 0 Å². The average molecular weight is 393 g/mol. The second-order valence-electron chi connectivity index (χ2n) is 7.57. The van der Waals surface area contributed by atoms with Gasteiger partial charge in [0.25, 0.3) is 0 Å². The summed E-state index contributed by atoms with van der Waals surface area (Å²) >= 11 is 0. The van der Waals surface area contributed by atoms with Gasteiger partial charge in [0.1, 0.15) is 6.33 Å². The van der Waals surface area contributed by atoms with E-state index in [4.69, 9.17) is 0 Å². The molecule has 0 atom stereocenters. The van der Waals surface area contributed by atoms with Crippen LogP contribution in [-0.4, -0.2) is 19.7 Å². The molecule has 0 aliphatic rings. The molecule has 30 heavy (non-hydrogen) atoms. The summed E-state index contributed by atoms with van der Waals surface area (Å²) in [4.78, 5) is 4.61. The predicted octanol–water partition coefficient (Wildman–Crippen LogP) is 5.97. The molecule has 0 spiro atoms. The summed E-state index contributed by atoms with van der Waals surface area (Å²) in [5.41, 5.74) is 6.33. The number of benzene rings is 3. The highest BCUT2D eigenvalue weighted by Crippen LogP contribution is 2.28. The maximum atomic E-state index is 4.61. The summed E-state index contributed by atoms with van der Waals surface area (Å²) < 4.78 is 2.11. The highest BCUT2D eigenvalue weighted by atomic mass is 15.2. The highest BCUT2D eigenvalue weighted by molar-refractivity contribution is 5.95. The van der Waals surface area contributed by atoms with Gasteiger partial charge in [0, 0.05) is 22.1 Å². The van der Waals surface area contributed by atoms with Gasteiger partial charge in [0.15, 0.2) is 5.82 Å². The van der Waals surface area contributed by atoms with Crippen molar-refractivity contribution in [1.82, 2.24) is 19.7 Å².